The van der Waals surface area contributed by atoms with Crippen LogP contribution in [0, 0.1) is 0 Å². The van der Waals surface area contributed by atoms with Gasteiger partial charge in [-0.3, -0.25) is 0 Å². The topological polar surface area (TPSA) is 29.3 Å². The van der Waals surface area contributed by atoms with Crippen molar-refractivity contribution in [1.82, 2.24) is 9.88 Å². The highest BCUT2D eigenvalue weighted by Gasteiger charge is 2.11. The summed E-state index contributed by atoms with van der Waals surface area (Å²) in [6.45, 7) is 11.5. The molecule has 0 bridgehead atoms. The molecule has 0 saturated heterocycles. The molecule has 0 radical (unpaired) electrons. The van der Waals surface area contributed by atoms with E-state index >= 15 is 0 Å². The van der Waals surface area contributed by atoms with Gasteiger partial charge in [-0.2, -0.15) is 0 Å². The number of rotatable bonds is 6. The fourth-order valence-electron chi connectivity index (χ4n) is 1.54. The van der Waals surface area contributed by atoms with Crippen molar-refractivity contribution in [2.75, 3.05) is 7.05 Å². The van der Waals surface area contributed by atoms with Crippen molar-refractivity contribution < 1.29 is 8.81 Å². The van der Waals surface area contributed by atoms with Gasteiger partial charge in [0.05, 0.1) is 6.20 Å². The number of halogens is 1. The zero-order chi connectivity index (χ0) is 14.4. The van der Waals surface area contributed by atoms with E-state index < -0.39 is 0 Å². The summed E-state index contributed by atoms with van der Waals surface area (Å²) in [5, 5.41) is 0. The Morgan fingerprint density at radius 3 is 2.68 bits per heavy atom. The number of allylic oxidation sites excluding steroid dienone is 3. The second-order valence-corrected chi connectivity index (χ2v) is 4.20. The van der Waals surface area contributed by atoms with Crippen molar-refractivity contribution in [1.29, 1.82) is 0 Å². The van der Waals surface area contributed by atoms with Gasteiger partial charge in [-0.25, -0.2) is 9.37 Å². The van der Waals surface area contributed by atoms with Gasteiger partial charge in [0.15, 0.2) is 0 Å². The molecule has 0 fully saturated rings. The standard InChI is InChI=1S/C15H19FN2O/c1-6-14(18(5)12(4)11(2)3)9-13(16)10-15-17-7-8-19-15/h6-8,10H,2,4,9H2,1,3,5H3/b13-10-,14-6-. The maximum absolute atomic E-state index is 13.9. The van der Waals surface area contributed by atoms with Crippen molar-refractivity contribution >= 4 is 6.08 Å². The number of hydrogen-bond acceptors (Lipinski definition) is 3. The fourth-order valence-corrected chi connectivity index (χ4v) is 1.54. The largest absolute Gasteiger partial charge is 0.445 e. The van der Waals surface area contributed by atoms with Crippen LogP contribution in [0.15, 0.2) is 58.9 Å². The summed E-state index contributed by atoms with van der Waals surface area (Å²) in [5.74, 6) is -0.0637. The first-order chi connectivity index (χ1) is 8.95. The van der Waals surface area contributed by atoms with Crippen molar-refractivity contribution in [2.24, 2.45) is 0 Å². The summed E-state index contributed by atoms with van der Waals surface area (Å²) < 4.78 is 18.8. The van der Waals surface area contributed by atoms with Crippen molar-refractivity contribution in [3.63, 3.8) is 0 Å². The minimum absolute atomic E-state index is 0.154. The van der Waals surface area contributed by atoms with Crippen LogP contribution in [0.4, 0.5) is 4.39 Å². The summed E-state index contributed by atoms with van der Waals surface area (Å²) in [4.78, 5) is 5.67. The van der Waals surface area contributed by atoms with Gasteiger partial charge in [-0.15, -0.1) is 0 Å². The molecule has 0 aliphatic rings. The van der Waals surface area contributed by atoms with E-state index in [2.05, 4.69) is 18.1 Å². The molecule has 1 aromatic heterocycles. The van der Waals surface area contributed by atoms with Crippen LogP contribution in [0.1, 0.15) is 26.2 Å². The Labute approximate surface area is 113 Å². The highest BCUT2D eigenvalue weighted by molar-refractivity contribution is 5.42. The number of hydrogen-bond donors (Lipinski definition) is 0. The Hall–Kier alpha value is -2.10. The van der Waals surface area contributed by atoms with Crippen molar-refractivity contribution in [3.05, 3.63) is 60.4 Å². The molecule has 102 valence electrons. The molecule has 0 aliphatic heterocycles. The Kier molecular flexibility index (Phi) is 5.30. The molecule has 1 rings (SSSR count). The lowest BCUT2D eigenvalue weighted by Crippen LogP contribution is -2.17. The molecule has 19 heavy (non-hydrogen) atoms. The van der Waals surface area contributed by atoms with Crippen LogP contribution in [0.5, 0.6) is 0 Å². The quantitative estimate of drug-likeness (QED) is 0.716. The Morgan fingerprint density at radius 2 is 2.21 bits per heavy atom. The molecule has 1 aromatic rings. The minimum atomic E-state index is -0.322. The molecule has 0 N–H and O–H groups in total. The van der Waals surface area contributed by atoms with Crippen LogP contribution < -0.4 is 0 Å². The summed E-state index contributed by atoms with van der Waals surface area (Å²) >= 11 is 0. The van der Waals surface area contributed by atoms with Gasteiger partial charge in [0.25, 0.3) is 0 Å². The number of aromatic nitrogens is 1. The Balaban J connectivity index is 2.78. The third-order valence-corrected chi connectivity index (χ3v) is 2.74. The average molecular weight is 262 g/mol. The molecule has 3 nitrogen and oxygen atoms in total. The lowest BCUT2D eigenvalue weighted by atomic mass is 10.2. The molecule has 0 atom stereocenters. The summed E-state index contributed by atoms with van der Waals surface area (Å²) in [6.07, 6.45) is 6.16. The second-order valence-electron chi connectivity index (χ2n) is 4.20. The van der Waals surface area contributed by atoms with E-state index in [1.54, 1.807) is 0 Å². The van der Waals surface area contributed by atoms with E-state index in [4.69, 9.17) is 4.42 Å². The number of likely N-dealkylation sites (N-methyl/N-ethyl adjacent to an activating group) is 1. The van der Waals surface area contributed by atoms with Gasteiger partial charge >= 0.3 is 0 Å². The first-order valence-electron chi connectivity index (χ1n) is 5.95. The maximum atomic E-state index is 13.9. The summed E-state index contributed by atoms with van der Waals surface area (Å²) in [6, 6.07) is 0. The molecule has 0 aromatic carbocycles. The molecule has 4 heteroatoms. The van der Waals surface area contributed by atoms with Crippen LogP contribution in [-0.2, 0) is 0 Å². The lowest BCUT2D eigenvalue weighted by molar-refractivity contribution is 0.487. The SMILES string of the molecule is C=C(C)C(=C)N(C)/C(=C\C)C/C(F)=C/c1ncco1. The molecular weight excluding hydrogens is 243 g/mol. The highest BCUT2D eigenvalue weighted by Crippen LogP contribution is 2.22. The summed E-state index contributed by atoms with van der Waals surface area (Å²) in [7, 11) is 1.84. The number of nitrogens with zero attached hydrogens (tertiary/aromatic N) is 2. The van der Waals surface area contributed by atoms with E-state index in [0.29, 0.717) is 0 Å². The zero-order valence-electron chi connectivity index (χ0n) is 11.6. The lowest BCUT2D eigenvalue weighted by Gasteiger charge is -2.24. The van der Waals surface area contributed by atoms with Gasteiger partial charge in [0.1, 0.15) is 12.1 Å². The maximum Gasteiger partial charge on any atom is 0.221 e. The van der Waals surface area contributed by atoms with Gasteiger partial charge in [0, 0.05) is 30.9 Å². The molecule has 0 amide bonds. The fraction of sp³-hybridized carbons (Fsp3) is 0.267. The number of oxazole rings is 1. The van der Waals surface area contributed by atoms with E-state index in [0.717, 1.165) is 17.0 Å². The first kappa shape index (κ1) is 15.0. The zero-order valence-corrected chi connectivity index (χ0v) is 11.6. The molecule has 0 aliphatic carbocycles. The third-order valence-electron chi connectivity index (χ3n) is 2.74. The molecule has 1 heterocycles. The second kappa shape index (κ2) is 6.73. The molecular formula is C15H19FN2O. The van der Waals surface area contributed by atoms with Gasteiger partial charge in [-0.1, -0.05) is 19.2 Å². The average Bonchev–Trinajstić information content (AvgIpc) is 2.86. The molecule has 0 spiro atoms. The van der Waals surface area contributed by atoms with Crippen LogP contribution >= 0.6 is 0 Å². The Morgan fingerprint density at radius 1 is 1.53 bits per heavy atom. The molecule has 0 unspecified atom stereocenters. The normalized spacial score (nSPS) is 12.4. The van der Waals surface area contributed by atoms with Crippen LogP contribution in [0.2, 0.25) is 0 Å². The van der Waals surface area contributed by atoms with Gasteiger partial charge < -0.3 is 9.32 Å². The molecule has 0 saturated carbocycles. The summed E-state index contributed by atoms with van der Waals surface area (Å²) in [5.41, 5.74) is 2.41. The monoisotopic (exact) mass is 262 g/mol. The van der Waals surface area contributed by atoms with Crippen LogP contribution in [0.25, 0.3) is 6.08 Å². The van der Waals surface area contributed by atoms with E-state index in [-0.39, 0.29) is 18.1 Å². The van der Waals surface area contributed by atoms with Gasteiger partial charge in [0.2, 0.25) is 5.89 Å². The third kappa shape index (κ3) is 4.25. The van der Waals surface area contributed by atoms with E-state index in [1.807, 2.05) is 31.9 Å². The highest BCUT2D eigenvalue weighted by atomic mass is 19.1. The predicted octanol–water partition coefficient (Wildman–Crippen LogP) is 4.30. The van der Waals surface area contributed by atoms with E-state index in [9.17, 15) is 4.39 Å². The smallest absolute Gasteiger partial charge is 0.221 e. The van der Waals surface area contributed by atoms with E-state index in [1.165, 1.54) is 18.5 Å². The predicted molar refractivity (Wildman–Crippen MR) is 75.7 cm³/mol. The van der Waals surface area contributed by atoms with Crippen molar-refractivity contribution in [3.8, 4) is 0 Å². The first-order valence-corrected chi connectivity index (χ1v) is 5.95. The van der Waals surface area contributed by atoms with Crippen LogP contribution in [-0.4, -0.2) is 16.9 Å². The minimum Gasteiger partial charge on any atom is -0.445 e. The van der Waals surface area contributed by atoms with Crippen molar-refractivity contribution in [2.45, 2.75) is 20.3 Å². The van der Waals surface area contributed by atoms with Crippen LogP contribution in [0.3, 0.4) is 0 Å². The Bertz CT molecular complexity index is 512. The van der Waals surface area contributed by atoms with Gasteiger partial charge in [-0.05, 0) is 19.4 Å².